The van der Waals surface area contributed by atoms with Crippen molar-refractivity contribution < 1.29 is 0 Å². The van der Waals surface area contributed by atoms with Gasteiger partial charge in [-0.05, 0) is 29.3 Å². The van der Waals surface area contributed by atoms with Crippen molar-refractivity contribution >= 4 is 0 Å². The molecule has 0 aliphatic rings. The lowest BCUT2D eigenvalue weighted by Crippen LogP contribution is -2.14. The first-order valence-electron chi connectivity index (χ1n) is 7.70. The SMILES string of the molecule is O=c1cc(-c2cccc(-c3ccccc3)c2)[nH]n1-c1ccccn1. The van der Waals surface area contributed by atoms with Crippen molar-refractivity contribution in [2.24, 2.45) is 0 Å². The molecule has 0 saturated heterocycles. The van der Waals surface area contributed by atoms with Crippen LogP contribution in [0.1, 0.15) is 0 Å². The first kappa shape index (κ1) is 14.2. The number of nitrogens with one attached hydrogen (secondary N) is 1. The van der Waals surface area contributed by atoms with Gasteiger partial charge >= 0.3 is 0 Å². The Bertz CT molecular complexity index is 1020. The number of H-pyrrole nitrogens is 1. The third kappa shape index (κ3) is 2.65. The lowest BCUT2D eigenvalue weighted by Gasteiger charge is -2.05. The van der Waals surface area contributed by atoms with Crippen LogP contribution < -0.4 is 5.56 Å². The summed E-state index contributed by atoms with van der Waals surface area (Å²) >= 11 is 0. The minimum atomic E-state index is -0.131. The maximum absolute atomic E-state index is 12.3. The van der Waals surface area contributed by atoms with E-state index in [1.54, 1.807) is 18.3 Å². The zero-order chi connectivity index (χ0) is 16.4. The van der Waals surface area contributed by atoms with Crippen LogP contribution in [0.15, 0.2) is 89.9 Å². The van der Waals surface area contributed by atoms with Gasteiger partial charge in [0.25, 0.3) is 5.56 Å². The molecular formula is C20H15N3O. The fraction of sp³-hybridized carbons (Fsp3) is 0. The van der Waals surface area contributed by atoms with Crippen molar-refractivity contribution in [1.82, 2.24) is 14.8 Å². The Hall–Kier alpha value is -3.40. The molecule has 24 heavy (non-hydrogen) atoms. The van der Waals surface area contributed by atoms with Crippen molar-refractivity contribution in [3.8, 4) is 28.2 Å². The molecule has 2 aromatic carbocycles. The second kappa shape index (κ2) is 6.01. The van der Waals surface area contributed by atoms with Crippen LogP contribution in [0.25, 0.3) is 28.2 Å². The van der Waals surface area contributed by atoms with Crippen molar-refractivity contribution in [1.29, 1.82) is 0 Å². The van der Waals surface area contributed by atoms with E-state index < -0.39 is 0 Å². The number of hydrogen-bond donors (Lipinski definition) is 1. The molecule has 2 aromatic heterocycles. The normalized spacial score (nSPS) is 10.7. The molecule has 1 N–H and O–H groups in total. The molecular weight excluding hydrogens is 298 g/mol. The number of benzene rings is 2. The van der Waals surface area contributed by atoms with Crippen molar-refractivity contribution in [2.45, 2.75) is 0 Å². The first-order valence-corrected chi connectivity index (χ1v) is 7.70. The summed E-state index contributed by atoms with van der Waals surface area (Å²) < 4.78 is 1.45. The second-order valence-electron chi connectivity index (χ2n) is 5.48. The largest absolute Gasteiger partial charge is 0.289 e. The highest BCUT2D eigenvalue weighted by Crippen LogP contribution is 2.24. The van der Waals surface area contributed by atoms with E-state index in [9.17, 15) is 4.79 Å². The summed E-state index contributed by atoms with van der Waals surface area (Å²) in [5, 5.41) is 3.13. The van der Waals surface area contributed by atoms with E-state index in [4.69, 9.17) is 0 Å². The summed E-state index contributed by atoms with van der Waals surface area (Å²) in [5.41, 5.74) is 3.85. The van der Waals surface area contributed by atoms with Gasteiger partial charge in [-0.3, -0.25) is 9.89 Å². The van der Waals surface area contributed by atoms with Crippen LogP contribution >= 0.6 is 0 Å². The molecule has 4 heteroatoms. The third-order valence-corrected chi connectivity index (χ3v) is 3.88. The molecule has 0 amide bonds. The minimum Gasteiger partial charge on any atom is -0.289 e. The molecule has 0 bridgehead atoms. The predicted molar refractivity (Wildman–Crippen MR) is 95.1 cm³/mol. The smallest absolute Gasteiger partial charge is 0.273 e. The van der Waals surface area contributed by atoms with Gasteiger partial charge in [0.15, 0.2) is 5.82 Å². The quantitative estimate of drug-likeness (QED) is 0.624. The van der Waals surface area contributed by atoms with Gasteiger partial charge in [0.2, 0.25) is 0 Å². The number of rotatable bonds is 3. The third-order valence-electron chi connectivity index (χ3n) is 3.88. The maximum atomic E-state index is 12.3. The molecule has 0 spiro atoms. The lowest BCUT2D eigenvalue weighted by molar-refractivity contribution is 0.822. The van der Waals surface area contributed by atoms with Crippen LogP contribution in [0.3, 0.4) is 0 Å². The molecule has 4 nitrogen and oxygen atoms in total. The standard InChI is InChI=1S/C20H15N3O/c24-20-14-18(22-23(20)19-11-4-5-12-21-19)17-10-6-9-16(13-17)15-7-2-1-3-8-15/h1-14,22H. The Morgan fingerprint density at radius 2 is 1.50 bits per heavy atom. The zero-order valence-electron chi connectivity index (χ0n) is 12.9. The molecule has 4 aromatic rings. The summed E-state index contributed by atoms with van der Waals surface area (Å²) in [7, 11) is 0. The molecule has 0 aliphatic carbocycles. The fourth-order valence-electron chi connectivity index (χ4n) is 2.70. The molecule has 2 heterocycles. The average Bonchev–Trinajstić information content (AvgIpc) is 3.05. The maximum Gasteiger partial charge on any atom is 0.273 e. The minimum absolute atomic E-state index is 0.131. The highest BCUT2D eigenvalue weighted by atomic mass is 16.1. The van der Waals surface area contributed by atoms with Crippen molar-refractivity contribution in [3.05, 3.63) is 95.4 Å². The summed E-state index contributed by atoms with van der Waals surface area (Å²) in [4.78, 5) is 16.5. The Balaban J connectivity index is 1.77. The van der Waals surface area contributed by atoms with Crippen LogP contribution in [0.5, 0.6) is 0 Å². The summed E-state index contributed by atoms with van der Waals surface area (Å²) in [6, 6.07) is 25.3. The Labute approximate surface area is 139 Å². The summed E-state index contributed by atoms with van der Waals surface area (Å²) in [5.74, 6) is 0.577. The van der Waals surface area contributed by atoms with Crippen LogP contribution in [-0.2, 0) is 0 Å². The van der Waals surface area contributed by atoms with Crippen LogP contribution in [0, 0.1) is 0 Å². The first-order chi connectivity index (χ1) is 11.8. The van der Waals surface area contributed by atoms with E-state index in [2.05, 4.69) is 34.3 Å². The topological polar surface area (TPSA) is 50.7 Å². The second-order valence-corrected chi connectivity index (χ2v) is 5.48. The number of aromatic amines is 1. The lowest BCUT2D eigenvalue weighted by atomic mass is 10.0. The molecule has 0 fully saturated rings. The summed E-state index contributed by atoms with van der Waals surface area (Å²) in [6.45, 7) is 0. The van der Waals surface area contributed by atoms with E-state index in [-0.39, 0.29) is 5.56 Å². The highest BCUT2D eigenvalue weighted by molar-refractivity contribution is 5.71. The Morgan fingerprint density at radius 1 is 0.750 bits per heavy atom. The molecule has 0 aliphatic heterocycles. The van der Waals surface area contributed by atoms with Gasteiger partial charge in [-0.25, -0.2) is 9.67 Å². The molecule has 4 rings (SSSR count). The van der Waals surface area contributed by atoms with Gasteiger partial charge in [-0.2, -0.15) is 0 Å². The van der Waals surface area contributed by atoms with E-state index >= 15 is 0 Å². The number of pyridine rings is 1. The summed E-state index contributed by atoms with van der Waals surface area (Å²) in [6.07, 6.45) is 1.66. The van der Waals surface area contributed by atoms with Gasteiger partial charge in [0.05, 0.1) is 5.69 Å². The van der Waals surface area contributed by atoms with Gasteiger partial charge < -0.3 is 0 Å². The van der Waals surface area contributed by atoms with Gasteiger partial charge in [-0.1, -0.05) is 54.6 Å². The molecule has 0 atom stereocenters. The average molecular weight is 313 g/mol. The van der Waals surface area contributed by atoms with E-state index in [1.165, 1.54) is 4.68 Å². The van der Waals surface area contributed by atoms with Gasteiger partial charge in [-0.15, -0.1) is 0 Å². The molecule has 0 saturated carbocycles. The Kier molecular flexibility index (Phi) is 3.56. The van der Waals surface area contributed by atoms with Crippen LogP contribution in [0.4, 0.5) is 0 Å². The molecule has 116 valence electrons. The Morgan fingerprint density at radius 3 is 2.29 bits per heavy atom. The van der Waals surface area contributed by atoms with Crippen molar-refractivity contribution in [2.75, 3.05) is 0 Å². The molecule has 0 unspecified atom stereocenters. The predicted octanol–water partition coefficient (Wildman–Crippen LogP) is 3.89. The van der Waals surface area contributed by atoms with Crippen molar-refractivity contribution in [3.63, 3.8) is 0 Å². The van der Waals surface area contributed by atoms with Crippen LogP contribution in [0.2, 0.25) is 0 Å². The highest BCUT2D eigenvalue weighted by Gasteiger charge is 2.08. The van der Waals surface area contributed by atoms with E-state index in [0.29, 0.717) is 5.82 Å². The van der Waals surface area contributed by atoms with Gasteiger partial charge in [0, 0.05) is 17.8 Å². The fourth-order valence-corrected chi connectivity index (χ4v) is 2.70. The van der Waals surface area contributed by atoms with E-state index in [1.807, 2.05) is 42.5 Å². The van der Waals surface area contributed by atoms with E-state index in [0.717, 1.165) is 22.4 Å². The number of aromatic nitrogens is 3. The molecule has 0 radical (unpaired) electrons. The monoisotopic (exact) mass is 313 g/mol. The number of hydrogen-bond acceptors (Lipinski definition) is 2. The van der Waals surface area contributed by atoms with Gasteiger partial charge in [0.1, 0.15) is 0 Å². The zero-order valence-corrected chi connectivity index (χ0v) is 12.9. The number of nitrogens with zero attached hydrogens (tertiary/aromatic N) is 2. The van der Waals surface area contributed by atoms with Crippen LogP contribution in [-0.4, -0.2) is 14.8 Å².